The summed E-state index contributed by atoms with van der Waals surface area (Å²) in [6.45, 7) is 12.7. The molecule has 0 amide bonds. The van der Waals surface area contributed by atoms with Crippen LogP contribution in [0.5, 0.6) is 0 Å². The van der Waals surface area contributed by atoms with Gasteiger partial charge in [0, 0.05) is 51.4 Å². The van der Waals surface area contributed by atoms with Crippen molar-refractivity contribution in [3.05, 3.63) is 24.0 Å². The Hall–Kier alpha value is -0.840. The second-order valence-corrected chi connectivity index (χ2v) is 5.20. The summed E-state index contributed by atoms with van der Waals surface area (Å²) in [6, 6.07) is 0. The van der Waals surface area contributed by atoms with E-state index >= 15 is 0 Å². The molecule has 0 spiro atoms. The Morgan fingerprint density at radius 3 is 1.89 bits per heavy atom. The fraction of sp³-hybridized carbons (Fsp3) is 0.714. The van der Waals surface area contributed by atoms with Gasteiger partial charge in [-0.15, -0.1) is 0 Å². The fourth-order valence-corrected chi connectivity index (χ4v) is 2.03. The number of aliphatic hydroxyl groups is 1. The second kappa shape index (κ2) is 7.56. The van der Waals surface area contributed by atoms with Gasteiger partial charge in [0.15, 0.2) is 0 Å². The van der Waals surface area contributed by atoms with Gasteiger partial charge in [0.05, 0.1) is 5.76 Å². The normalized spacial score (nSPS) is 22.8. The first-order chi connectivity index (χ1) is 8.52. The molecule has 1 saturated heterocycles. The van der Waals surface area contributed by atoms with Crippen molar-refractivity contribution in [3.8, 4) is 0 Å². The van der Waals surface area contributed by atoms with Gasteiger partial charge in [0.2, 0.25) is 0 Å². The smallest absolute Gasteiger partial charge is 0.0936 e. The average Bonchev–Trinajstić information content (AvgIpc) is 2.41. The van der Waals surface area contributed by atoms with Crippen LogP contribution in [0.15, 0.2) is 24.0 Å². The quantitative estimate of drug-likeness (QED) is 0.604. The number of hydrogen-bond donors (Lipinski definition) is 1. The number of nitrogens with zero attached hydrogens (tertiary/aromatic N) is 3. The summed E-state index contributed by atoms with van der Waals surface area (Å²) >= 11 is 0. The molecule has 0 aromatic heterocycles. The largest absolute Gasteiger partial charge is 0.512 e. The van der Waals surface area contributed by atoms with E-state index in [1.165, 1.54) is 0 Å². The van der Waals surface area contributed by atoms with Crippen molar-refractivity contribution in [2.75, 3.05) is 59.9 Å². The van der Waals surface area contributed by atoms with Gasteiger partial charge in [-0.05, 0) is 21.0 Å². The topological polar surface area (TPSA) is 30.0 Å². The minimum atomic E-state index is 0.381. The summed E-state index contributed by atoms with van der Waals surface area (Å²) in [5.74, 6) is 0.381. The van der Waals surface area contributed by atoms with Crippen LogP contribution in [0.4, 0.5) is 0 Å². The number of aliphatic hydroxyl groups excluding tert-OH is 1. The average molecular weight is 253 g/mol. The second-order valence-electron chi connectivity index (χ2n) is 5.20. The monoisotopic (exact) mass is 253 g/mol. The first-order valence-electron chi connectivity index (χ1n) is 6.63. The van der Waals surface area contributed by atoms with Crippen LogP contribution in [0.25, 0.3) is 0 Å². The molecule has 0 atom stereocenters. The molecule has 0 aliphatic carbocycles. The van der Waals surface area contributed by atoms with Crippen LogP contribution in [-0.2, 0) is 0 Å². The van der Waals surface area contributed by atoms with Gasteiger partial charge in [0.1, 0.15) is 0 Å². The highest BCUT2D eigenvalue weighted by Crippen LogP contribution is 2.06. The van der Waals surface area contributed by atoms with E-state index in [1.54, 1.807) is 13.0 Å². The van der Waals surface area contributed by atoms with Crippen molar-refractivity contribution in [1.82, 2.24) is 14.7 Å². The van der Waals surface area contributed by atoms with E-state index in [0.717, 1.165) is 51.4 Å². The van der Waals surface area contributed by atoms with E-state index in [2.05, 4.69) is 35.4 Å². The first-order valence-corrected chi connectivity index (χ1v) is 6.63. The van der Waals surface area contributed by atoms with Gasteiger partial charge in [0.25, 0.3) is 0 Å². The highest BCUT2D eigenvalue weighted by molar-refractivity contribution is 5.20. The molecule has 4 heteroatoms. The van der Waals surface area contributed by atoms with Crippen molar-refractivity contribution in [2.24, 2.45) is 0 Å². The Bertz CT molecular complexity index is 283. The third-order valence-corrected chi connectivity index (χ3v) is 3.56. The fourth-order valence-electron chi connectivity index (χ4n) is 2.03. The summed E-state index contributed by atoms with van der Waals surface area (Å²) in [7, 11) is 4.33. The lowest BCUT2D eigenvalue weighted by Gasteiger charge is -2.24. The zero-order chi connectivity index (χ0) is 13.5. The van der Waals surface area contributed by atoms with E-state index in [1.807, 2.05) is 0 Å². The predicted molar refractivity (Wildman–Crippen MR) is 77.0 cm³/mol. The van der Waals surface area contributed by atoms with E-state index < -0.39 is 0 Å². The van der Waals surface area contributed by atoms with Crippen LogP contribution in [0, 0.1) is 0 Å². The van der Waals surface area contributed by atoms with Crippen molar-refractivity contribution < 1.29 is 5.11 Å². The molecule has 0 radical (unpaired) electrons. The van der Waals surface area contributed by atoms with Gasteiger partial charge in [-0.1, -0.05) is 12.7 Å². The molecule has 0 aromatic rings. The molecule has 1 aliphatic rings. The van der Waals surface area contributed by atoms with Crippen molar-refractivity contribution >= 4 is 0 Å². The highest BCUT2D eigenvalue weighted by Gasteiger charge is 2.13. The SMILES string of the molecule is C=C/C(CN1CCN(C)CCN(C)CC1)=C(\C)O. The number of likely N-dealkylation sites (N-methyl/N-ethyl adjacent to an activating group) is 2. The molecule has 104 valence electrons. The maximum atomic E-state index is 9.59. The summed E-state index contributed by atoms with van der Waals surface area (Å²) < 4.78 is 0. The molecule has 1 rings (SSSR count). The minimum absolute atomic E-state index is 0.381. The lowest BCUT2D eigenvalue weighted by atomic mass is 10.2. The van der Waals surface area contributed by atoms with Crippen LogP contribution in [-0.4, -0.2) is 79.7 Å². The number of hydrogen-bond acceptors (Lipinski definition) is 4. The third-order valence-electron chi connectivity index (χ3n) is 3.56. The number of allylic oxidation sites excluding steroid dienone is 1. The van der Waals surface area contributed by atoms with Gasteiger partial charge in [-0.25, -0.2) is 0 Å². The van der Waals surface area contributed by atoms with E-state index in [9.17, 15) is 5.11 Å². The molecule has 1 aliphatic heterocycles. The molecule has 0 saturated carbocycles. The molecular formula is C14H27N3O. The van der Waals surface area contributed by atoms with E-state index in [0.29, 0.717) is 5.76 Å². The molecule has 1 N–H and O–H groups in total. The Morgan fingerprint density at radius 1 is 1.06 bits per heavy atom. The van der Waals surface area contributed by atoms with Crippen LogP contribution in [0.2, 0.25) is 0 Å². The maximum absolute atomic E-state index is 9.59. The van der Waals surface area contributed by atoms with E-state index in [4.69, 9.17) is 0 Å². The van der Waals surface area contributed by atoms with Gasteiger partial charge in [-0.2, -0.15) is 0 Å². The zero-order valence-corrected chi connectivity index (χ0v) is 12.0. The molecular weight excluding hydrogens is 226 g/mol. The van der Waals surface area contributed by atoms with E-state index in [-0.39, 0.29) is 0 Å². The summed E-state index contributed by atoms with van der Waals surface area (Å²) in [6.07, 6.45) is 1.76. The van der Waals surface area contributed by atoms with Gasteiger partial charge < -0.3 is 14.9 Å². The summed E-state index contributed by atoms with van der Waals surface area (Å²) in [4.78, 5) is 7.10. The standard InChI is InChI=1S/C14H27N3O/c1-5-14(13(2)18)12-17-10-8-15(3)6-7-16(4)9-11-17/h5,18H,1,6-12H2,2-4H3/b14-13-. The van der Waals surface area contributed by atoms with Crippen LogP contribution >= 0.6 is 0 Å². The molecule has 0 unspecified atom stereocenters. The summed E-state index contributed by atoms with van der Waals surface area (Å²) in [5.41, 5.74) is 0.930. The van der Waals surface area contributed by atoms with Crippen LogP contribution in [0.1, 0.15) is 6.92 Å². The predicted octanol–water partition coefficient (Wildman–Crippen LogP) is 1.18. The van der Waals surface area contributed by atoms with Gasteiger partial charge >= 0.3 is 0 Å². The van der Waals surface area contributed by atoms with Crippen molar-refractivity contribution in [3.63, 3.8) is 0 Å². The lowest BCUT2D eigenvalue weighted by molar-refractivity contribution is 0.249. The zero-order valence-electron chi connectivity index (χ0n) is 12.0. The Balaban J connectivity index is 2.62. The highest BCUT2D eigenvalue weighted by atomic mass is 16.3. The molecule has 18 heavy (non-hydrogen) atoms. The Kier molecular flexibility index (Phi) is 6.39. The van der Waals surface area contributed by atoms with Crippen LogP contribution in [0.3, 0.4) is 0 Å². The van der Waals surface area contributed by atoms with Gasteiger partial charge in [-0.3, -0.25) is 4.90 Å². The lowest BCUT2D eigenvalue weighted by Crippen LogP contribution is -2.36. The first kappa shape index (κ1) is 15.2. The van der Waals surface area contributed by atoms with Crippen molar-refractivity contribution in [2.45, 2.75) is 6.92 Å². The third kappa shape index (κ3) is 5.21. The molecule has 1 heterocycles. The Labute approximate surface area is 111 Å². The molecule has 1 fully saturated rings. The Morgan fingerprint density at radius 2 is 1.50 bits per heavy atom. The molecule has 0 bridgehead atoms. The summed E-state index contributed by atoms with van der Waals surface area (Å²) in [5, 5.41) is 9.59. The molecule has 4 nitrogen and oxygen atoms in total. The number of rotatable bonds is 3. The maximum Gasteiger partial charge on any atom is 0.0936 e. The van der Waals surface area contributed by atoms with Crippen LogP contribution < -0.4 is 0 Å². The molecule has 0 aromatic carbocycles. The minimum Gasteiger partial charge on any atom is -0.512 e. The van der Waals surface area contributed by atoms with Crippen molar-refractivity contribution in [1.29, 1.82) is 0 Å².